The molecule has 1 heterocycles. The molecule has 1 aromatic heterocycles. The van der Waals surface area contributed by atoms with Crippen LogP contribution in [0.5, 0.6) is 0 Å². The van der Waals surface area contributed by atoms with E-state index in [1.807, 2.05) is 12.1 Å². The molecule has 1 unspecified atom stereocenters. The van der Waals surface area contributed by atoms with E-state index in [-0.39, 0.29) is 6.04 Å². The lowest BCUT2D eigenvalue weighted by atomic mass is 10.1. The second-order valence-electron chi connectivity index (χ2n) is 5.08. The third kappa shape index (κ3) is 4.06. The molecule has 1 N–H and O–H groups in total. The van der Waals surface area contributed by atoms with Gasteiger partial charge in [0.1, 0.15) is 11.3 Å². The third-order valence-corrected chi connectivity index (χ3v) is 3.61. The van der Waals surface area contributed by atoms with Crippen LogP contribution in [0.3, 0.4) is 0 Å². The summed E-state index contributed by atoms with van der Waals surface area (Å²) in [5.41, 5.74) is 2.26. The topological polar surface area (TPSA) is 43.6 Å². The molecule has 1 aromatic carbocycles. The van der Waals surface area contributed by atoms with Crippen LogP contribution in [0.1, 0.15) is 31.2 Å². The smallest absolute Gasteiger partial charge is 0.134 e. The summed E-state index contributed by atoms with van der Waals surface area (Å²) in [4.78, 5) is 0. The van der Waals surface area contributed by atoms with E-state index < -0.39 is 0 Å². The Morgan fingerprint density at radius 3 is 2.76 bits per heavy atom. The second kappa shape index (κ2) is 8.17. The fraction of sp³-hybridized carbons (Fsp3) is 0.529. The van der Waals surface area contributed by atoms with E-state index in [0.29, 0.717) is 19.8 Å². The lowest BCUT2D eigenvalue weighted by Crippen LogP contribution is -2.24. The van der Waals surface area contributed by atoms with Crippen LogP contribution in [0.25, 0.3) is 11.0 Å². The largest absolute Gasteiger partial charge is 0.459 e. The van der Waals surface area contributed by atoms with Gasteiger partial charge >= 0.3 is 0 Å². The Hall–Kier alpha value is -1.36. The molecule has 0 saturated carbocycles. The fourth-order valence-corrected chi connectivity index (χ4v) is 2.52. The van der Waals surface area contributed by atoms with Gasteiger partial charge in [-0.1, -0.05) is 25.1 Å². The molecule has 4 nitrogen and oxygen atoms in total. The molecule has 0 aliphatic rings. The Balaban J connectivity index is 1.94. The van der Waals surface area contributed by atoms with Gasteiger partial charge in [0.2, 0.25) is 0 Å². The number of hydrogen-bond acceptors (Lipinski definition) is 4. The maximum absolute atomic E-state index is 6.02. The minimum Gasteiger partial charge on any atom is -0.459 e. The molecule has 2 aromatic rings. The monoisotopic (exact) mass is 291 g/mol. The van der Waals surface area contributed by atoms with E-state index in [1.165, 1.54) is 10.9 Å². The SMILES string of the molecule is CCc1c(C(C)NCCOCCOC)oc2ccccc12. The van der Waals surface area contributed by atoms with Crippen molar-refractivity contribution in [2.45, 2.75) is 26.3 Å². The fourth-order valence-electron chi connectivity index (χ4n) is 2.52. The predicted molar refractivity (Wildman–Crippen MR) is 84.7 cm³/mol. The Kier molecular flexibility index (Phi) is 6.23. The molecule has 4 heteroatoms. The highest BCUT2D eigenvalue weighted by Gasteiger charge is 2.17. The van der Waals surface area contributed by atoms with E-state index in [2.05, 4.69) is 31.3 Å². The van der Waals surface area contributed by atoms with Gasteiger partial charge in [-0.3, -0.25) is 0 Å². The molecular weight excluding hydrogens is 266 g/mol. The second-order valence-corrected chi connectivity index (χ2v) is 5.08. The van der Waals surface area contributed by atoms with Crippen molar-refractivity contribution in [3.8, 4) is 0 Å². The summed E-state index contributed by atoms with van der Waals surface area (Å²) >= 11 is 0. The normalized spacial score (nSPS) is 12.9. The van der Waals surface area contributed by atoms with Crippen LogP contribution in [0.15, 0.2) is 28.7 Å². The van der Waals surface area contributed by atoms with Crippen LogP contribution in [-0.2, 0) is 15.9 Å². The van der Waals surface area contributed by atoms with Gasteiger partial charge in [0.15, 0.2) is 0 Å². The molecule has 0 radical (unpaired) electrons. The molecule has 2 rings (SSSR count). The van der Waals surface area contributed by atoms with Crippen molar-refractivity contribution < 1.29 is 13.9 Å². The highest BCUT2D eigenvalue weighted by molar-refractivity contribution is 5.82. The van der Waals surface area contributed by atoms with Crippen molar-refractivity contribution in [3.63, 3.8) is 0 Å². The highest BCUT2D eigenvalue weighted by atomic mass is 16.5. The van der Waals surface area contributed by atoms with Gasteiger partial charge in [-0.2, -0.15) is 0 Å². The minimum absolute atomic E-state index is 0.179. The number of furan rings is 1. The van der Waals surface area contributed by atoms with Crippen molar-refractivity contribution >= 4 is 11.0 Å². The van der Waals surface area contributed by atoms with Crippen LogP contribution < -0.4 is 5.32 Å². The van der Waals surface area contributed by atoms with Gasteiger partial charge in [0, 0.05) is 24.6 Å². The van der Waals surface area contributed by atoms with Crippen molar-refractivity contribution in [1.82, 2.24) is 5.32 Å². The van der Waals surface area contributed by atoms with Gasteiger partial charge in [0.05, 0.1) is 25.9 Å². The van der Waals surface area contributed by atoms with Gasteiger partial charge < -0.3 is 19.2 Å². The summed E-state index contributed by atoms with van der Waals surface area (Å²) < 4.78 is 16.4. The molecule has 0 saturated heterocycles. The number of hydrogen-bond donors (Lipinski definition) is 1. The standard InChI is InChI=1S/C17H25NO3/c1-4-14-15-7-5-6-8-16(15)21-17(14)13(2)18-9-10-20-12-11-19-3/h5-8,13,18H,4,9-12H2,1-3H3. The van der Waals surface area contributed by atoms with Crippen molar-refractivity contribution in [1.29, 1.82) is 0 Å². The molecule has 0 bridgehead atoms. The van der Waals surface area contributed by atoms with Crippen molar-refractivity contribution in [2.24, 2.45) is 0 Å². The number of aryl methyl sites for hydroxylation is 1. The van der Waals surface area contributed by atoms with Gasteiger partial charge in [-0.15, -0.1) is 0 Å². The number of fused-ring (bicyclic) bond motifs is 1. The van der Waals surface area contributed by atoms with Crippen LogP contribution >= 0.6 is 0 Å². The van der Waals surface area contributed by atoms with E-state index in [0.717, 1.165) is 24.3 Å². The summed E-state index contributed by atoms with van der Waals surface area (Å²) in [7, 11) is 1.68. The zero-order valence-electron chi connectivity index (χ0n) is 13.1. The Labute approximate surface area is 126 Å². The first kappa shape index (κ1) is 16.0. The number of methoxy groups -OCH3 is 1. The lowest BCUT2D eigenvalue weighted by molar-refractivity contribution is 0.0710. The summed E-state index contributed by atoms with van der Waals surface area (Å²) in [6.07, 6.45) is 0.975. The van der Waals surface area contributed by atoms with Crippen LogP contribution in [0, 0.1) is 0 Å². The van der Waals surface area contributed by atoms with E-state index in [4.69, 9.17) is 13.9 Å². The van der Waals surface area contributed by atoms with Crippen LogP contribution in [0.4, 0.5) is 0 Å². The minimum atomic E-state index is 0.179. The first-order chi connectivity index (χ1) is 10.3. The van der Waals surface area contributed by atoms with Gasteiger partial charge in [-0.05, 0) is 19.4 Å². The van der Waals surface area contributed by atoms with Crippen LogP contribution in [0.2, 0.25) is 0 Å². The number of benzene rings is 1. The van der Waals surface area contributed by atoms with Gasteiger partial charge in [0.25, 0.3) is 0 Å². The van der Waals surface area contributed by atoms with Gasteiger partial charge in [-0.25, -0.2) is 0 Å². The molecular formula is C17H25NO3. The first-order valence-electron chi connectivity index (χ1n) is 7.58. The van der Waals surface area contributed by atoms with Crippen molar-refractivity contribution in [2.75, 3.05) is 33.5 Å². The third-order valence-electron chi connectivity index (χ3n) is 3.61. The summed E-state index contributed by atoms with van der Waals surface area (Å²) in [6.45, 7) is 7.05. The maximum atomic E-state index is 6.02. The number of rotatable bonds is 9. The molecule has 0 amide bonds. The lowest BCUT2D eigenvalue weighted by Gasteiger charge is -2.13. The van der Waals surface area contributed by atoms with Crippen LogP contribution in [-0.4, -0.2) is 33.5 Å². The first-order valence-corrected chi connectivity index (χ1v) is 7.58. The Morgan fingerprint density at radius 2 is 2.00 bits per heavy atom. The summed E-state index contributed by atoms with van der Waals surface area (Å²) in [5.74, 6) is 1.04. The molecule has 0 aliphatic carbocycles. The molecule has 21 heavy (non-hydrogen) atoms. The summed E-state index contributed by atoms with van der Waals surface area (Å²) in [6, 6.07) is 8.40. The zero-order chi connectivity index (χ0) is 15.1. The molecule has 116 valence electrons. The quantitative estimate of drug-likeness (QED) is 0.720. The zero-order valence-corrected chi connectivity index (χ0v) is 13.1. The van der Waals surface area contributed by atoms with E-state index in [9.17, 15) is 0 Å². The number of para-hydroxylation sites is 1. The van der Waals surface area contributed by atoms with E-state index in [1.54, 1.807) is 7.11 Å². The van der Waals surface area contributed by atoms with E-state index >= 15 is 0 Å². The number of ether oxygens (including phenoxy) is 2. The molecule has 0 spiro atoms. The maximum Gasteiger partial charge on any atom is 0.134 e. The van der Waals surface area contributed by atoms with Crippen molar-refractivity contribution in [3.05, 3.63) is 35.6 Å². The Morgan fingerprint density at radius 1 is 1.19 bits per heavy atom. The average Bonchev–Trinajstić information content (AvgIpc) is 2.89. The summed E-state index contributed by atoms with van der Waals surface area (Å²) in [5, 5.41) is 4.67. The molecule has 1 atom stereocenters. The number of nitrogens with one attached hydrogen (secondary N) is 1. The highest BCUT2D eigenvalue weighted by Crippen LogP contribution is 2.30. The average molecular weight is 291 g/mol. The predicted octanol–water partition coefficient (Wildman–Crippen LogP) is 3.31. The molecule has 0 aliphatic heterocycles. The molecule has 0 fully saturated rings. The Bertz CT molecular complexity index is 550.